The highest BCUT2D eigenvalue weighted by atomic mass is 32.2. The molecule has 0 spiro atoms. The Morgan fingerprint density at radius 2 is 1.70 bits per heavy atom. The maximum absolute atomic E-state index is 13.0. The number of hydrogen-bond donors (Lipinski definition) is 0. The first-order chi connectivity index (χ1) is 13.1. The fourth-order valence-electron chi connectivity index (χ4n) is 2.73. The number of amides is 2. The minimum atomic E-state index is -0.339. The van der Waals surface area contributed by atoms with Crippen LogP contribution in [0.3, 0.4) is 0 Å². The number of carbonyl (C=O) groups is 2. The smallest absolute Gasteiger partial charge is 0.293 e. The van der Waals surface area contributed by atoms with Gasteiger partial charge in [0.1, 0.15) is 17.3 Å². The molecule has 134 valence electrons. The van der Waals surface area contributed by atoms with Crippen molar-refractivity contribution in [3.05, 3.63) is 88.8 Å². The number of imide groups is 1. The summed E-state index contributed by atoms with van der Waals surface area (Å²) < 4.78 is 18.7. The van der Waals surface area contributed by atoms with Crippen LogP contribution in [0.4, 0.5) is 9.18 Å². The van der Waals surface area contributed by atoms with E-state index in [-0.39, 0.29) is 23.5 Å². The van der Waals surface area contributed by atoms with Crippen molar-refractivity contribution < 1.29 is 18.4 Å². The van der Waals surface area contributed by atoms with E-state index in [0.717, 1.165) is 22.9 Å². The third-order valence-electron chi connectivity index (χ3n) is 4.09. The normalized spacial score (nSPS) is 15.7. The highest BCUT2D eigenvalue weighted by Crippen LogP contribution is 2.34. The van der Waals surface area contributed by atoms with Gasteiger partial charge in [-0.25, -0.2) is 4.39 Å². The summed E-state index contributed by atoms with van der Waals surface area (Å²) in [6, 6.07) is 18.7. The third-order valence-corrected chi connectivity index (χ3v) is 4.99. The molecule has 27 heavy (non-hydrogen) atoms. The maximum atomic E-state index is 13.0. The predicted octanol–water partition coefficient (Wildman–Crippen LogP) is 5.32. The van der Waals surface area contributed by atoms with Crippen molar-refractivity contribution in [3.63, 3.8) is 0 Å². The van der Waals surface area contributed by atoms with Crippen molar-refractivity contribution in [2.75, 3.05) is 0 Å². The average Bonchev–Trinajstić information content (AvgIpc) is 3.24. The van der Waals surface area contributed by atoms with Gasteiger partial charge in [-0.15, -0.1) is 0 Å². The first-order valence-corrected chi connectivity index (χ1v) is 9.07. The van der Waals surface area contributed by atoms with E-state index in [1.165, 1.54) is 17.0 Å². The van der Waals surface area contributed by atoms with E-state index >= 15 is 0 Å². The Kier molecular flexibility index (Phi) is 4.64. The van der Waals surface area contributed by atoms with E-state index in [1.54, 1.807) is 30.3 Å². The van der Waals surface area contributed by atoms with Crippen molar-refractivity contribution in [1.82, 2.24) is 4.90 Å². The van der Waals surface area contributed by atoms with Crippen LogP contribution in [0.25, 0.3) is 17.4 Å². The van der Waals surface area contributed by atoms with Crippen LogP contribution in [0, 0.1) is 5.82 Å². The van der Waals surface area contributed by atoms with Crippen molar-refractivity contribution >= 4 is 29.0 Å². The van der Waals surface area contributed by atoms with E-state index in [4.69, 9.17) is 4.42 Å². The van der Waals surface area contributed by atoms with Crippen LogP contribution in [0.5, 0.6) is 0 Å². The molecule has 0 radical (unpaired) electrons. The van der Waals surface area contributed by atoms with Gasteiger partial charge in [-0.05, 0) is 53.7 Å². The Morgan fingerprint density at radius 1 is 0.963 bits per heavy atom. The van der Waals surface area contributed by atoms with Gasteiger partial charge >= 0.3 is 0 Å². The average molecular weight is 379 g/mol. The number of carbonyl (C=O) groups excluding carboxylic acids is 2. The van der Waals surface area contributed by atoms with Crippen molar-refractivity contribution in [2.45, 2.75) is 6.54 Å². The van der Waals surface area contributed by atoms with Gasteiger partial charge in [0.05, 0.1) is 11.4 Å². The Labute approximate surface area is 159 Å². The molecule has 0 unspecified atom stereocenters. The van der Waals surface area contributed by atoms with Gasteiger partial charge in [-0.3, -0.25) is 14.5 Å². The molecule has 1 aliphatic heterocycles. The lowest BCUT2D eigenvalue weighted by atomic mass is 10.2. The van der Waals surface area contributed by atoms with E-state index < -0.39 is 0 Å². The SMILES string of the molecule is O=C1S/C(=C\c2ccc(-c3ccc(F)cc3)o2)C(=O)N1Cc1ccccc1. The lowest BCUT2D eigenvalue weighted by molar-refractivity contribution is -0.123. The van der Waals surface area contributed by atoms with Crippen molar-refractivity contribution in [2.24, 2.45) is 0 Å². The number of halogens is 1. The molecule has 4 nitrogen and oxygen atoms in total. The number of furan rings is 1. The monoisotopic (exact) mass is 379 g/mol. The van der Waals surface area contributed by atoms with Crippen LogP contribution in [0.15, 0.2) is 76.1 Å². The third kappa shape index (κ3) is 3.71. The van der Waals surface area contributed by atoms with Gasteiger partial charge in [0.15, 0.2) is 0 Å². The van der Waals surface area contributed by atoms with Gasteiger partial charge in [-0.1, -0.05) is 30.3 Å². The molecular weight excluding hydrogens is 365 g/mol. The molecule has 0 aliphatic carbocycles. The lowest BCUT2D eigenvalue weighted by Gasteiger charge is -2.11. The number of nitrogens with zero attached hydrogens (tertiary/aromatic N) is 1. The Hall–Kier alpha value is -3.12. The summed E-state index contributed by atoms with van der Waals surface area (Å²) in [5.74, 6) is 0.357. The summed E-state index contributed by atoms with van der Waals surface area (Å²) in [5, 5.41) is -0.305. The summed E-state index contributed by atoms with van der Waals surface area (Å²) in [6.07, 6.45) is 1.56. The first-order valence-electron chi connectivity index (χ1n) is 8.25. The molecule has 1 aromatic heterocycles. The second kappa shape index (κ2) is 7.25. The minimum Gasteiger partial charge on any atom is -0.457 e. The molecule has 0 saturated carbocycles. The van der Waals surface area contributed by atoms with Crippen molar-refractivity contribution in [3.8, 4) is 11.3 Å². The lowest BCUT2D eigenvalue weighted by Crippen LogP contribution is -2.27. The highest BCUT2D eigenvalue weighted by molar-refractivity contribution is 8.18. The summed E-state index contributed by atoms with van der Waals surface area (Å²) in [6.45, 7) is 0.238. The molecule has 1 fully saturated rings. The second-order valence-electron chi connectivity index (χ2n) is 5.96. The zero-order chi connectivity index (χ0) is 18.8. The molecule has 6 heteroatoms. The van der Waals surface area contributed by atoms with Crippen LogP contribution < -0.4 is 0 Å². The molecule has 3 aromatic rings. The van der Waals surface area contributed by atoms with Crippen LogP contribution in [0.1, 0.15) is 11.3 Å². The molecule has 1 aliphatic rings. The Bertz CT molecular complexity index is 1030. The van der Waals surface area contributed by atoms with Gasteiger partial charge in [0, 0.05) is 11.6 Å². The zero-order valence-electron chi connectivity index (χ0n) is 14.1. The minimum absolute atomic E-state index is 0.238. The number of rotatable bonds is 4. The molecular formula is C21H14FNO3S. The first kappa shape index (κ1) is 17.3. The van der Waals surface area contributed by atoms with Crippen LogP contribution in [0.2, 0.25) is 0 Å². The van der Waals surface area contributed by atoms with E-state index in [9.17, 15) is 14.0 Å². The standard InChI is InChI=1S/C21H14FNO3S/c22-16-8-6-15(7-9-16)18-11-10-17(26-18)12-19-20(24)23(21(25)27-19)13-14-4-2-1-3-5-14/h1-12H,13H2/b19-12-. The molecule has 0 bridgehead atoms. The Balaban J connectivity index is 1.53. The van der Waals surface area contributed by atoms with Crippen LogP contribution in [-0.4, -0.2) is 16.0 Å². The van der Waals surface area contributed by atoms with Crippen LogP contribution in [-0.2, 0) is 11.3 Å². The molecule has 2 aromatic carbocycles. The summed E-state index contributed by atoms with van der Waals surface area (Å²) in [4.78, 5) is 26.3. The molecule has 1 saturated heterocycles. The zero-order valence-corrected chi connectivity index (χ0v) is 14.9. The van der Waals surface area contributed by atoms with E-state index in [1.807, 2.05) is 30.3 Å². The fraction of sp³-hybridized carbons (Fsp3) is 0.0476. The van der Waals surface area contributed by atoms with Crippen molar-refractivity contribution in [1.29, 1.82) is 0 Å². The number of hydrogen-bond acceptors (Lipinski definition) is 4. The molecule has 0 atom stereocenters. The van der Waals surface area contributed by atoms with Crippen LogP contribution >= 0.6 is 11.8 Å². The van der Waals surface area contributed by atoms with E-state index in [0.29, 0.717) is 16.4 Å². The fourth-order valence-corrected chi connectivity index (χ4v) is 3.55. The molecule has 4 rings (SSSR count). The molecule has 2 amide bonds. The van der Waals surface area contributed by atoms with E-state index in [2.05, 4.69) is 0 Å². The second-order valence-corrected chi connectivity index (χ2v) is 6.96. The predicted molar refractivity (Wildman–Crippen MR) is 102 cm³/mol. The van der Waals surface area contributed by atoms with Gasteiger partial charge < -0.3 is 4.42 Å². The molecule has 0 N–H and O–H groups in total. The number of benzene rings is 2. The Morgan fingerprint density at radius 3 is 2.44 bits per heavy atom. The van der Waals surface area contributed by atoms with Gasteiger partial charge in [-0.2, -0.15) is 0 Å². The maximum Gasteiger partial charge on any atom is 0.293 e. The van der Waals surface area contributed by atoms with Gasteiger partial charge in [0.2, 0.25) is 0 Å². The topological polar surface area (TPSA) is 50.5 Å². The molecule has 2 heterocycles. The number of thioether (sulfide) groups is 1. The highest BCUT2D eigenvalue weighted by Gasteiger charge is 2.35. The van der Waals surface area contributed by atoms with Gasteiger partial charge in [0.25, 0.3) is 11.1 Å². The largest absolute Gasteiger partial charge is 0.457 e. The summed E-state index contributed by atoms with van der Waals surface area (Å²) >= 11 is 0.892. The summed E-state index contributed by atoms with van der Waals surface area (Å²) in [5.41, 5.74) is 1.62. The quantitative estimate of drug-likeness (QED) is 0.576. The summed E-state index contributed by atoms with van der Waals surface area (Å²) in [7, 11) is 0.